The van der Waals surface area contributed by atoms with E-state index in [0.29, 0.717) is 37.0 Å². The molecule has 0 aliphatic carbocycles. The second-order valence-corrected chi connectivity index (χ2v) is 6.97. The van der Waals surface area contributed by atoms with Gasteiger partial charge in [0.15, 0.2) is 16.1 Å². The van der Waals surface area contributed by atoms with Crippen LogP contribution in [0.2, 0.25) is 5.02 Å². The van der Waals surface area contributed by atoms with Crippen LogP contribution in [0.1, 0.15) is 34.0 Å². The summed E-state index contributed by atoms with van der Waals surface area (Å²) >= 11 is 5.92. The van der Waals surface area contributed by atoms with Crippen molar-refractivity contribution in [1.82, 2.24) is 0 Å². The molecular weight excluding hydrogens is 276 g/mol. The van der Waals surface area contributed by atoms with Crippen LogP contribution in [0.3, 0.4) is 0 Å². The molecule has 1 unspecified atom stereocenters. The van der Waals surface area contributed by atoms with E-state index >= 15 is 0 Å². The zero-order valence-corrected chi connectivity index (χ0v) is 11.4. The summed E-state index contributed by atoms with van der Waals surface area (Å²) < 4.78 is 29.1. The lowest BCUT2D eigenvalue weighted by Gasteiger charge is -2.15. The molecule has 0 amide bonds. The predicted octanol–water partition coefficient (Wildman–Crippen LogP) is 2.41. The summed E-state index contributed by atoms with van der Waals surface area (Å²) in [5.41, 5.74) is 0.816. The Hall–Kier alpha value is -1.07. The van der Waals surface area contributed by atoms with E-state index in [2.05, 4.69) is 0 Å². The number of sulfone groups is 1. The van der Waals surface area contributed by atoms with Gasteiger partial charge < -0.3 is 4.74 Å². The molecule has 0 spiro atoms. The van der Waals surface area contributed by atoms with Gasteiger partial charge in [-0.1, -0.05) is 11.6 Å². The molecule has 1 aliphatic heterocycles. The Morgan fingerprint density at radius 2 is 2.17 bits per heavy atom. The monoisotopic (exact) mass is 288 g/mol. The number of benzene rings is 1. The van der Waals surface area contributed by atoms with Gasteiger partial charge >= 0.3 is 0 Å². The third-order valence-corrected chi connectivity index (χ3v) is 4.84. The molecule has 2 rings (SSSR count). The first-order valence-corrected chi connectivity index (χ1v) is 7.87. The maximum Gasteiger partial charge on any atom is 0.154 e. The van der Waals surface area contributed by atoms with E-state index < -0.39 is 15.1 Å². The summed E-state index contributed by atoms with van der Waals surface area (Å²) in [5.74, 6) is 0.457. The first-order chi connectivity index (χ1) is 8.43. The van der Waals surface area contributed by atoms with Crippen LogP contribution in [0, 0.1) is 0 Å². The van der Waals surface area contributed by atoms with Crippen LogP contribution in [0.5, 0.6) is 5.75 Å². The molecule has 1 aromatic rings. The topological polar surface area (TPSA) is 60.4 Å². The lowest BCUT2D eigenvalue weighted by atomic mass is 10.0. The van der Waals surface area contributed by atoms with Gasteiger partial charge in [-0.2, -0.15) is 0 Å². The molecule has 0 bridgehead atoms. The zero-order valence-electron chi connectivity index (χ0n) is 9.85. The molecule has 1 atom stereocenters. The van der Waals surface area contributed by atoms with Gasteiger partial charge in [0.05, 0.1) is 16.9 Å². The maximum absolute atomic E-state index is 11.8. The molecule has 0 saturated heterocycles. The number of hydrogen-bond donors (Lipinski definition) is 0. The summed E-state index contributed by atoms with van der Waals surface area (Å²) in [4.78, 5) is 10.9. The molecule has 0 saturated carbocycles. The van der Waals surface area contributed by atoms with E-state index in [1.165, 1.54) is 18.4 Å². The van der Waals surface area contributed by atoms with Crippen molar-refractivity contribution in [2.75, 3.05) is 12.9 Å². The molecule has 6 heteroatoms. The van der Waals surface area contributed by atoms with Crippen LogP contribution >= 0.6 is 11.6 Å². The third kappa shape index (κ3) is 2.52. The minimum Gasteiger partial charge on any atom is -0.493 e. The fourth-order valence-electron chi connectivity index (χ4n) is 2.11. The first kappa shape index (κ1) is 13.4. The molecular formula is C12H13ClO4S. The molecule has 98 valence electrons. The zero-order chi connectivity index (χ0) is 13.3. The number of hydrogen-bond acceptors (Lipinski definition) is 4. The highest BCUT2D eigenvalue weighted by molar-refractivity contribution is 7.90. The van der Waals surface area contributed by atoms with Crippen molar-refractivity contribution >= 4 is 27.7 Å². The average Bonchev–Trinajstić information content (AvgIpc) is 2.48. The largest absolute Gasteiger partial charge is 0.493 e. The minimum absolute atomic E-state index is 0.276. The van der Waals surface area contributed by atoms with Crippen molar-refractivity contribution in [3.63, 3.8) is 0 Å². The van der Waals surface area contributed by atoms with Crippen molar-refractivity contribution in [3.05, 3.63) is 28.3 Å². The molecule has 0 radical (unpaired) electrons. The number of aldehydes is 1. The summed E-state index contributed by atoms with van der Waals surface area (Å²) in [6, 6.07) is 3.03. The highest BCUT2D eigenvalue weighted by Gasteiger charge is 2.29. The standard InChI is InChI=1S/C12H13ClO4S/c1-18(15,16)12-3-2-4-17-11-6-10(13)8(7-14)5-9(11)12/h5-7,12H,2-4H2,1H3. The molecule has 4 nitrogen and oxygen atoms in total. The minimum atomic E-state index is -3.24. The van der Waals surface area contributed by atoms with Crippen LogP contribution in [-0.4, -0.2) is 27.6 Å². The van der Waals surface area contributed by atoms with Crippen LogP contribution in [0.15, 0.2) is 12.1 Å². The van der Waals surface area contributed by atoms with Crippen LogP contribution in [-0.2, 0) is 9.84 Å². The molecule has 1 aliphatic rings. The fourth-order valence-corrected chi connectivity index (χ4v) is 3.55. The van der Waals surface area contributed by atoms with Crippen LogP contribution in [0.4, 0.5) is 0 Å². The second kappa shape index (κ2) is 4.90. The number of rotatable bonds is 2. The molecule has 0 aromatic heterocycles. The molecule has 1 heterocycles. The number of carbonyl (C=O) groups excluding carboxylic acids is 1. The van der Waals surface area contributed by atoms with Gasteiger partial charge in [0, 0.05) is 17.4 Å². The maximum atomic E-state index is 11.8. The van der Waals surface area contributed by atoms with Gasteiger partial charge in [0.2, 0.25) is 0 Å². The normalized spacial score (nSPS) is 19.6. The van der Waals surface area contributed by atoms with Crippen molar-refractivity contribution in [1.29, 1.82) is 0 Å². The van der Waals surface area contributed by atoms with Gasteiger partial charge in [0.1, 0.15) is 5.75 Å². The van der Waals surface area contributed by atoms with Crippen LogP contribution < -0.4 is 4.74 Å². The van der Waals surface area contributed by atoms with Crippen molar-refractivity contribution in [3.8, 4) is 5.75 Å². The van der Waals surface area contributed by atoms with E-state index in [-0.39, 0.29) is 10.6 Å². The van der Waals surface area contributed by atoms with Gasteiger partial charge in [0.25, 0.3) is 0 Å². The third-order valence-electron chi connectivity index (χ3n) is 2.99. The summed E-state index contributed by atoms with van der Waals surface area (Å²) in [7, 11) is -3.24. The van der Waals surface area contributed by atoms with E-state index in [0.717, 1.165) is 0 Å². The van der Waals surface area contributed by atoms with E-state index in [4.69, 9.17) is 16.3 Å². The Labute approximate surface area is 111 Å². The molecule has 18 heavy (non-hydrogen) atoms. The van der Waals surface area contributed by atoms with Gasteiger partial charge in [-0.25, -0.2) is 8.42 Å². The van der Waals surface area contributed by atoms with Gasteiger partial charge in [-0.3, -0.25) is 4.79 Å². The van der Waals surface area contributed by atoms with Gasteiger partial charge in [-0.05, 0) is 25.0 Å². The Morgan fingerprint density at radius 1 is 1.44 bits per heavy atom. The predicted molar refractivity (Wildman–Crippen MR) is 69.2 cm³/mol. The van der Waals surface area contributed by atoms with Crippen molar-refractivity contribution < 1.29 is 17.9 Å². The van der Waals surface area contributed by atoms with Crippen molar-refractivity contribution in [2.24, 2.45) is 0 Å². The van der Waals surface area contributed by atoms with Gasteiger partial charge in [-0.15, -0.1) is 0 Å². The van der Waals surface area contributed by atoms with E-state index in [1.807, 2.05) is 0 Å². The number of fused-ring (bicyclic) bond motifs is 1. The Kier molecular flexibility index (Phi) is 3.64. The van der Waals surface area contributed by atoms with Crippen molar-refractivity contribution in [2.45, 2.75) is 18.1 Å². The van der Waals surface area contributed by atoms with E-state index in [1.54, 1.807) is 0 Å². The second-order valence-electron chi connectivity index (χ2n) is 4.34. The smallest absolute Gasteiger partial charge is 0.154 e. The SMILES string of the molecule is CS(=O)(=O)C1CCCOc2cc(Cl)c(C=O)cc21. The Morgan fingerprint density at radius 3 is 2.78 bits per heavy atom. The van der Waals surface area contributed by atoms with Crippen LogP contribution in [0.25, 0.3) is 0 Å². The highest BCUT2D eigenvalue weighted by atomic mass is 35.5. The summed E-state index contributed by atoms with van der Waals surface area (Å²) in [6.45, 7) is 0.454. The summed E-state index contributed by atoms with van der Waals surface area (Å²) in [5, 5.41) is -0.358. The lowest BCUT2D eigenvalue weighted by molar-refractivity contribution is 0.112. The highest BCUT2D eigenvalue weighted by Crippen LogP contribution is 2.38. The first-order valence-electron chi connectivity index (χ1n) is 5.54. The summed E-state index contributed by atoms with van der Waals surface area (Å²) in [6.07, 6.45) is 2.96. The average molecular weight is 289 g/mol. The number of carbonyl (C=O) groups is 1. The lowest BCUT2D eigenvalue weighted by Crippen LogP contribution is -2.11. The molecule has 0 fully saturated rings. The molecule has 1 aromatic carbocycles. The number of halogens is 1. The van der Waals surface area contributed by atoms with E-state index in [9.17, 15) is 13.2 Å². The quantitative estimate of drug-likeness (QED) is 0.784. The fraction of sp³-hybridized carbons (Fsp3) is 0.417. The Balaban J connectivity index is 2.63. The molecule has 0 N–H and O–H groups in total. The number of ether oxygens (including phenoxy) is 1. The Bertz CT molecular complexity index is 580.